The molecule has 0 unspecified atom stereocenters. The first-order valence-corrected chi connectivity index (χ1v) is 9.05. The predicted molar refractivity (Wildman–Crippen MR) is 101 cm³/mol. The Morgan fingerprint density at radius 2 is 2.22 bits per heavy atom. The first-order valence-electron chi connectivity index (χ1n) is 6.57. The molecule has 0 aliphatic heterocycles. The zero-order valence-corrected chi connectivity index (χ0v) is 15.2. The summed E-state index contributed by atoms with van der Waals surface area (Å²) in [6.45, 7) is 0. The number of nitrogens with zero attached hydrogens (tertiary/aromatic N) is 3. The van der Waals surface area contributed by atoms with Gasteiger partial charge in [-0.25, -0.2) is 4.98 Å². The van der Waals surface area contributed by atoms with Gasteiger partial charge < -0.3 is 5.32 Å². The van der Waals surface area contributed by atoms with E-state index in [1.54, 1.807) is 36.4 Å². The highest BCUT2D eigenvalue weighted by Crippen LogP contribution is 2.31. The van der Waals surface area contributed by atoms with Crippen LogP contribution in [0.15, 0.2) is 50.9 Å². The molecule has 118 valence electrons. The van der Waals surface area contributed by atoms with Crippen molar-refractivity contribution in [3.8, 4) is 0 Å². The highest BCUT2D eigenvalue weighted by atomic mass is 35.5. The second kappa shape index (κ2) is 7.31. The Balaban J connectivity index is 1.90. The number of hydrazone groups is 1. The molecular weight excluding hydrogens is 370 g/mol. The van der Waals surface area contributed by atoms with Crippen LogP contribution in [0.4, 0.5) is 0 Å². The maximum absolute atomic E-state index is 5.93. The molecule has 0 atom stereocenters. The Morgan fingerprint density at radius 1 is 1.43 bits per heavy atom. The summed E-state index contributed by atoms with van der Waals surface area (Å²) in [5.74, 6) is 0. The number of imidazole rings is 1. The van der Waals surface area contributed by atoms with Crippen LogP contribution in [0.25, 0.3) is 4.96 Å². The largest absolute Gasteiger partial charge is 0.364 e. The SMILES string of the molecule is CNC(=S)NN=Cc1c(Sc2ccc(Cl)cc2)nc2sccn12. The van der Waals surface area contributed by atoms with Crippen LogP contribution in [0.1, 0.15) is 5.69 Å². The van der Waals surface area contributed by atoms with E-state index in [0.29, 0.717) is 10.1 Å². The zero-order valence-electron chi connectivity index (χ0n) is 12.0. The van der Waals surface area contributed by atoms with E-state index in [1.807, 2.05) is 40.2 Å². The van der Waals surface area contributed by atoms with Gasteiger partial charge in [0.15, 0.2) is 10.1 Å². The van der Waals surface area contributed by atoms with Gasteiger partial charge in [-0.2, -0.15) is 5.10 Å². The number of hydrogen-bond donors (Lipinski definition) is 2. The monoisotopic (exact) mass is 381 g/mol. The van der Waals surface area contributed by atoms with Crippen LogP contribution >= 0.6 is 46.9 Å². The highest BCUT2D eigenvalue weighted by Gasteiger charge is 2.13. The summed E-state index contributed by atoms with van der Waals surface area (Å²) < 4.78 is 2.00. The molecule has 5 nitrogen and oxygen atoms in total. The summed E-state index contributed by atoms with van der Waals surface area (Å²) in [6, 6.07) is 7.66. The number of rotatable bonds is 4. The maximum Gasteiger partial charge on any atom is 0.195 e. The third-order valence-corrected chi connectivity index (χ3v) is 5.18. The van der Waals surface area contributed by atoms with Crippen molar-refractivity contribution in [3.63, 3.8) is 0 Å². The molecule has 0 aliphatic rings. The Bertz CT molecular complexity index is 853. The summed E-state index contributed by atoms with van der Waals surface area (Å²) in [5.41, 5.74) is 3.65. The average Bonchev–Trinajstić information content (AvgIpc) is 3.12. The minimum atomic E-state index is 0.458. The second-order valence-corrected chi connectivity index (χ2v) is 7.14. The van der Waals surface area contributed by atoms with Crippen molar-refractivity contribution in [2.75, 3.05) is 7.05 Å². The molecule has 3 rings (SSSR count). The van der Waals surface area contributed by atoms with Gasteiger partial charge in [0.05, 0.1) is 6.21 Å². The molecule has 2 aromatic heterocycles. The molecule has 2 N–H and O–H groups in total. The molecule has 23 heavy (non-hydrogen) atoms. The van der Waals surface area contributed by atoms with E-state index >= 15 is 0 Å². The van der Waals surface area contributed by atoms with Crippen LogP contribution in [-0.2, 0) is 0 Å². The number of halogens is 1. The van der Waals surface area contributed by atoms with Crippen molar-refractivity contribution in [3.05, 3.63) is 46.6 Å². The fraction of sp³-hybridized carbons (Fsp3) is 0.0714. The van der Waals surface area contributed by atoms with E-state index in [-0.39, 0.29) is 0 Å². The maximum atomic E-state index is 5.93. The molecule has 0 radical (unpaired) electrons. The average molecular weight is 382 g/mol. The fourth-order valence-corrected chi connectivity index (χ4v) is 3.64. The third-order valence-electron chi connectivity index (χ3n) is 2.87. The van der Waals surface area contributed by atoms with E-state index < -0.39 is 0 Å². The van der Waals surface area contributed by atoms with Crippen molar-refractivity contribution >= 4 is 63.2 Å². The standard InChI is InChI=1S/C14H12ClN5S3/c1-16-13(21)19-17-8-11-12(18-14-20(11)6-7-22-14)23-10-4-2-9(15)3-5-10/h2-8H,1H3,(H2,16,19,21). The first kappa shape index (κ1) is 16.3. The van der Waals surface area contributed by atoms with Crippen molar-refractivity contribution in [2.24, 2.45) is 5.10 Å². The lowest BCUT2D eigenvalue weighted by Gasteiger charge is -2.02. The van der Waals surface area contributed by atoms with Crippen molar-refractivity contribution in [1.29, 1.82) is 0 Å². The second-order valence-electron chi connectivity index (χ2n) is 4.36. The van der Waals surface area contributed by atoms with E-state index in [4.69, 9.17) is 23.8 Å². The van der Waals surface area contributed by atoms with Gasteiger partial charge >= 0.3 is 0 Å². The van der Waals surface area contributed by atoms with Gasteiger partial charge in [0.1, 0.15) is 10.7 Å². The molecule has 0 amide bonds. The van der Waals surface area contributed by atoms with Gasteiger partial charge in [-0.1, -0.05) is 23.4 Å². The molecular formula is C14H12ClN5S3. The Labute approximate surface area is 151 Å². The van der Waals surface area contributed by atoms with Crippen LogP contribution in [0.3, 0.4) is 0 Å². The van der Waals surface area contributed by atoms with Gasteiger partial charge in [-0.15, -0.1) is 11.3 Å². The lowest BCUT2D eigenvalue weighted by molar-refractivity contribution is 0.977. The summed E-state index contributed by atoms with van der Waals surface area (Å²) >= 11 is 14.1. The minimum Gasteiger partial charge on any atom is -0.364 e. The quantitative estimate of drug-likeness (QED) is 0.410. The third kappa shape index (κ3) is 3.84. The van der Waals surface area contributed by atoms with Crippen molar-refractivity contribution in [1.82, 2.24) is 20.1 Å². The molecule has 0 spiro atoms. The number of thiocarbonyl (C=S) groups is 1. The van der Waals surface area contributed by atoms with Gasteiger partial charge in [-0.3, -0.25) is 9.83 Å². The normalized spacial score (nSPS) is 11.2. The number of benzene rings is 1. The van der Waals surface area contributed by atoms with Crippen LogP contribution in [0, 0.1) is 0 Å². The van der Waals surface area contributed by atoms with Crippen LogP contribution in [0.5, 0.6) is 0 Å². The fourth-order valence-electron chi connectivity index (χ4n) is 1.80. The summed E-state index contributed by atoms with van der Waals surface area (Å²) in [7, 11) is 1.74. The molecule has 0 aliphatic carbocycles. The van der Waals surface area contributed by atoms with Gasteiger partial charge in [0.25, 0.3) is 0 Å². The molecule has 0 bridgehead atoms. The molecule has 2 heterocycles. The van der Waals surface area contributed by atoms with E-state index in [2.05, 4.69) is 20.8 Å². The van der Waals surface area contributed by atoms with Gasteiger partial charge in [0.2, 0.25) is 0 Å². The van der Waals surface area contributed by atoms with Crippen LogP contribution < -0.4 is 10.7 Å². The number of nitrogens with one attached hydrogen (secondary N) is 2. The smallest absolute Gasteiger partial charge is 0.195 e. The highest BCUT2D eigenvalue weighted by molar-refractivity contribution is 7.99. The Kier molecular flexibility index (Phi) is 5.16. The van der Waals surface area contributed by atoms with Crippen LogP contribution in [-0.4, -0.2) is 27.8 Å². The Hall–Kier alpha value is -1.61. The number of hydrogen-bond acceptors (Lipinski definition) is 5. The van der Waals surface area contributed by atoms with Crippen molar-refractivity contribution in [2.45, 2.75) is 9.92 Å². The Morgan fingerprint density at radius 3 is 2.96 bits per heavy atom. The zero-order chi connectivity index (χ0) is 16.2. The van der Waals surface area contributed by atoms with Gasteiger partial charge in [-0.05, 0) is 36.5 Å². The van der Waals surface area contributed by atoms with E-state index in [1.165, 1.54) is 0 Å². The number of fused-ring (bicyclic) bond motifs is 1. The molecule has 1 aromatic carbocycles. The summed E-state index contributed by atoms with van der Waals surface area (Å²) in [6.07, 6.45) is 3.69. The van der Waals surface area contributed by atoms with Gasteiger partial charge in [0, 0.05) is 28.5 Å². The van der Waals surface area contributed by atoms with E-state index in [9.17, 15) is 0 Å². The molecule has 0 saturated heterocycles. The topological polar surface area (TPSA) is 53.7 Å². The molecule has 9 heteroatoms. The van der Waals surface area contributed by atoms with Crippen molar-refractivity contribution < 1.29 is 0 Å². The molecule has 0 fully saturated rings. The minimum absolute atomic E-state index is 0.458. The lowest BCUT2D eigenvalue weighted by atomic mass is 10.4. The lowest BCUT2D eigenvalue weighted by Crippen LogP contribution is -2.28. The number of thiazole rings is 1. The summed E-state index contributed by atoms with van der Waals surface area (Å²) in [4.78, 5) is 6.63. The molecule has 3 aromatic rings. The van der Waals surface area contributed by atoms with E-state index in [0.717, 1.165) is 20.6 Å². The first-order chi connectivity index (χ1) is 11.2. The summed E-state index contributed by atoms with van der Waals surface area (Å²) in [5, 5.41) is 11.0. The number of aromatic nitrogens is 2. The molecule has 0 saturated carbocycles. The van der Waals surface area contributed by atoms with Crippen LogP contribution in [0.2, 0.25) is 5.02 Å². The predicted octanol–water partition coefficient (Wildman–Crippen LogP) is 3.63.